The molecule has 2 aromatic carbocycles. The first-order valence-electron chi connectivity index (χ1n) is 6.69. The van der Waals surface area contributed by atoms with Crippen molar-refractivity contribution in [3.63, 3.8) is 0 Å². The molecule has 0 radical (unpaired) electrons. The van der Waals surface area contributed by atoms with Crippen LogP contribution in [0.1, 0.15) is 18.5 Å². The number of hydrogen-bond donors (Lipinski definition) is 2. The summed E-state index contributed by atoms with van der Waals surface area (Å²) in [6, 6.07) is 14.0. The van der Waals surface area contributed by atoms with E-state index in [0.717, 1.165) is 5.56 Å². The molecule has 0 aromatic heterocycles. The molecule has 0 bridgehead atoms. The van der Waals surface area contributed by atoms with Crippen LogP contribution in [0.5, 0.6) is 0 Å². The summed E-state index contributed by atoms with van der Waals surface area (Å²) in [4.78, 5) is 11.9. The third kappa shape index (κ3) is 4.55. The van der Waals surface area contributed by atoms with Gasteiger partial charge in [0.25, 0.3) is 5.91 Å². The lowest BCUT2D eigenvalue weighted by Gasteiger charge is -2.11. The maximum absolute atomic E-state index is 12.9. The number of anilines is 1. The van der Waals surface area contributed by atoms with Crippen LogP contribution in [0.15, 0.2) is 48.5 Å². The minimum absolute atomic E-state index is 0.175. The maximum Gasteiger partial charge on any atom is 0.279 e. The Balaban J connectivity index is 1.87. The van der Waals surface area contributed by atoms with Gasteiger partial charge < -0.3 is 10.6 Å². The van der Waals surface area contributed by atoms with Crippen molar-refractivity contribution in [1.29, 1.82) is 0 Å². The molecule has 0 unspecified atom stereocenters. The summed E-state index contributed by atoms with van der Waals surface area (Å²) in [5.74, 6) is -0.603. The smallest absolute Gasteiger partial charge is 0.279 e. The van der Waals surface area contributed by atoms with Gasteiger partial charge in [0, 0.05) is 5.56 Å². The second kappa shape index (κ2) is 7.20. The fourth-order valence-corrected chi connectivity index (χ4v) is 2.18. The van der Waals surface area contributed by atoms with E-state index in [0.29, 0.717) is 5.69 Å². The molecule has 2 rings (SSSR count). The third-order valence-electron chi connectivity index (χ3n) is 3.19. The summed E-state index contributed by atoms with van der Waals surface area (Å²) in [6.07, 6.45) is 0. The first-order valence-corrected chi connectivity index (χ1v) is 7.07. The molecule has 5 heteroatoms. The fraction of sp³-hybridized carbons (Fsp3) is 0.188. The number of amides is 1. The van der Waals surface area contributed by atoms with Crippen LogP contribution in [-0.2, 0) is 4.79 Å². The van der Waals surface area contributed by atoms with Gasteiger partial charge in [-0.05, 0) is 25.1 Å². The van der Waals surface area contributed by atoms with Crippen LogP contribution in [0.3, 0.4) is 0 Å². The van der Waals surface area contributed by atoms with Gasteiger partial charge in [0.1, 0.15) is 11.9 Å². The lowest BCUT2D eigenvalue weighted by atomic mass is 10.1. The van der Waals surface area contributed by atoms with Crippen LogP contribution in [0.4, 0.5) is 10.1 Å². The highest BCUT2D eigenvalue weighted by Gasteiger charge is 2.12. The van der Waals surface area contributed by atoms with Crippen molar-refractivity contribution in [3.8, 4) is 0 Å². The molecule has 0 spiro atoms. The predicted molar refractivity (Wildman–Crippen MR) is 81.7 cm³/mol. The highest BCUT2D eigenvalue weighted by molar-refractivity contribution is 6.33. The van der Waals surface area contributed by atoms with E-state index in [1.807, 2.05) is 42.6 Å². The molecule has 2 aromatic rings. The maximum atomic E-state index is 12.9. The Labute approximate surface area is 128 Å². The lowest BCUT2D eigenvalue weighted by Crippen LogP contribution is -2.86. The Kier molecular flexibility index (Phi) is 5.31. The van der Waals surface area contributed by atoms with Crippen molar-refractivity contribution >= 4 is 23.2 Å². The summed E-state index contributed by atoms with van der Waals surface area (Å²) in [6.45, 7) is 2.30. The van der Waals surface area contributed by atoms with Crippen molar-refractivity contribution in [2.45, 2.75) is 13.0 Å². The molecule has 3 nitrogen and oxygen atoms in total. The Morgan fingerprint density at radius 3 is 2.67 bits per heavy atom. The van der Waals surface area contributed by atoms with Gasteiger partial charge in [-0.1, -0.05) is 41.9 Å². The van der Waals surface area contributed by atoms with Gasteiger partial charge in [-0.25, -0.2) is 4.39 Å². The molecule has 0 saturated heterocycles. The summed E-state index contributed by atoms with van der Waals surface area (Å²) < 4.78 is 12.9. The van der Waals surface area contributed by atoms with E-state index in [-0.39, 0.29) is 23.5 Å². The summed E-state index contributed by atoms with van der Waals surface area (Å²) in [7, 11) is 0. The van der Waals surface area contributed by atoms with E-state index in [2.05, 4.69) is 5.32 Å². The topological polar surface area (TPSA) is 45.7 Å². The number of hydrogen-bond acceptors (Lipinski definition) is 1. The number of quaternary nitrogens is 1. The zero-order valence-electron chi connectivity index (χ0n) is 11.6. The highest BCUT2D eigenvalue weighted by atomic mass is 35.5. The van der Waals surface area contributed by atoms with E-state index in [4.69, 9.17) is 11.6 Å². The predicted octanol–water partition coefficient (Wildman–Crippen LogP) is 2.74. The zero-order chi connectivity index (χ0) is 15.2. The van der Waals surface area contributed by atoms with Crippen molar-refractivity contribution in [3.05, 3.63) is 64.9 Å². The van der Waals surface area contributed by atoms with Gasteiger partial charge >= 0.3 is 0 Å². The molecular weight excluding hydrogens is 291 g/mol. The second-order valence-electron chi connectivity index (χ2n) is 4.81. The first-order chi connectivity index (χ1) is 10.1. The molecule has 0 heterocycles. The molecular formula is C16H17ClFN2O+. The van der Waals surface area contributed by atoms with Crippen LogP contribution < -0.4 is 10.6 Å². The molecule has 0 aliphatic carbocycles. The molecule has 21 heavy (non-hydrogen) atoms. The number of rotatable bonds is 5. The minimum Gasteiger partial charge on any atom is -0.333 e. The largest absolute Gasteiger partial charge is 0.333 e. The summed E-state index contributed by atoms with van der Waals surface area (Å²) in [5.41, 5.74) is 1.58. The minimum atomic E-state index is -0.428. The van der Waals surface area contributed by atoms with Gasteiger partial charge in [0.2, 0.25) is 0 Å². The average molecular weight is 308 g/mol. The molecule has 0 aliphatic heterocycles. The molecule has 0 saturated carbocycles. The van der Waals surface area contributed by atoms with Gasteiger partial charge in [-0.2, -0.15) is 0 Å². The first kappa shape index (κ1) is 15.5. The van der Waals surface area contributed by atoms with E-state index in [9.17, 15) is 9.18 Å². The van der Waals surface area contributed by atoms with E-state index >= 15 is 0 Å². The summed E-state index contributed by atoms with van der Waals surface area (Å²) in [5, 5.41) is 4.80. The van der Waals surface area contributed by atoms with Crippen molar-refractivity contribution < 1.29 is 14.5 Å². The molecule has 3 N–H and O–H groups in total. The summed E-state index contributed by atoms with van der Waals surface area (Å²) >= 11 is 5.87. The van der Waals surface area contributed by atoms with Crippen LogP contribution in [0.2, 0.25) is 5.02 Å². The van der Waals surface area contributed by atoms with Crippen LogP contribution >= 0.6 is 11.6 Å². The molecule has 110 valence electrons. The van der Waals surface area contributed by atoms with Crippen molar-refractivity contribution in [2.24, 2.45) is 0 Å². The Morgan fingerprint density at radius 1 is 1.29 bits per heavy atom. The van der Waals surface area contributed by atoms with Gasteiger partial charge in [-0.15, -0.1) is 0 Å². The Morgan fingerprint density at radius 2 is 2.00 bits per heavy atom. The zero-order valence-corrected chi connectivity index (χ0v) is 12.4. The van der Waals surface area contributed by atoms with Crippen molar-refractivity contribution in [1.82, 2.24) is 0 Å². The second-order valence-corrected chi connectivity index (χ2v) is 5.22. The van der Waals surface area contributed by atoms with E-state index < -0.39 is 5.82 Å². The normalized spacial score (nSPS) is 12.0. The SMILES string of the molecule is C[C@H]([NH2+]CC(=O)Nc1ccc(F)cc1Cl)c1ccccc1. The van der Waals surface area contributed by atoms with Crippen molar-refractivity contribution in [2.75, 3.05) is 11.9 Å². The van der Waals surface area contributed by atoms with E-state index in [1.165, 1.54) is 18.2 Å². The molecule has 0 fully saturated rings. The fourth-order valence-electron chi connectivity index (χ4n) is 1.97. The molecule has 1 amide bonds. The number of benzene rings is 2. The quantitative estimate of drug-likeness (QED) is 0.876. The Hall–Kier alpha value is -1.91. The van der Waals surface area contributed by atoms with E-state index in [1.54, 1.807) is 0 Å². The van der Waals surface area contributed by atoms with Gasteiger partial charge in [-0.3, -0.25) is 4.79 Å². The number of carbonyl (C=O) groups excluding carboxylic acids is 1. The average Bonchev–Trinajstić information content (AvgIpc) is 2.48. The van der Waals surface area contributed by atoms with Gasteiger partial charge in [0.05, 0.1) is 10.7 Å². The third-order valence-corrected chi connectivity index (χ3v) is 3.50. The van der Waals surface area contributed by atoms with Crippen LogP contribution in [-0.4, -0.2) is 12.5 Å². The number of nitrogens with one attached hydrogen (secondary N) is 1. The standard InChI is InChI=1S/C16H16ClFN2O/c1-11(12-5-3-2-4-6-12)19-10-16(21)20-15-8-7-13(18)9-14(15)17/h2-9,11,19H,10H2,1H3,(H,20,21)/p+1/t11-/m0/s1. The van der Waals surface area contributed by atoms with Crippen LogP contribution in [0.25, 0.3) is 0 Å². The monoisotopic (exact) mass is 307 g/mol. The van der Waals surface area contributed by atoms with Gasteiger partial charge in [0.15, 0.2) is 6.54 Å². The van der Waals surface area contributed by atoms with Crippen LogP contribution in [0, 0.1) is 5.82 Å². The number of halogens is 2. The lowest BCUT2D eigenvalue weighted by molar-refractivity contribution is -0.682. The number of nitrogens with two attached hydrogens (primary N) is 1. The highest BCUT2D eigenvalue weighted by Crippen LogP contribution is 2.22. The molecule has 1 atom stereocenters. The molecule has 0 aliphatic rings. The number of carbonyl (C=O) groups is 1. The Bertz CT molecular complexity index is 619.